The van der Waals surface area contributed by atoms with Gasteiger partial charge in [-0.2, -0.15) is 0 Å². The van der Waals surface area contributed by atoms with Gasteiger partial charge in [-0.05, 0) is 62.8 Å². The minimum Gasteiger partial charge on any atom is -0.356 e. The zero-order valence-corrected chi connectivity index (χ0v) is 18.1. The molecule has 0 radical (unpaired) electrons. The molecule has 1 N–H and O–H groups in total. The lowest BCUT2D eigenvalue weighted by atomic mass is 9.97. The average Bonchev–Trinajstić information content (AvgIpc) is 3.19. The molecule has 31 heavy (non-hydrogen) atoms. The fourth-order valence-corrected chi connectivity index (χ4v) is 4.03. The highest BCUT2D eigenvalue weighted by atomic mass is 35.5. The summed E-state index contributed by atoms with van der Waals surface area (Å²) >= 11 is 5.93. The molecule has 4 rings (SSSR count). The Bertz CT molecular complexity index is 1150. The Labute approximate surface area is 185 Å². The number of allylic oxidation sites excluding steroid dienone is 1. The van der Waals surface area contributed by atoms with Gasteiger partial charge >= 0.3 is 5.56 Å². The Balaban J connectivity index is 1.32. The van der Waals surface area contributed by atoms with Crippen molar-refractivity contribution < 1.29 is 4.79 Å². The van der Waals surface area contributed by atoms with Crippen molar-refractivity contribution in [1.29, 1.82) is 0 Å². The third kappa shape index (κ3) is 5.22. The summed E-state index contributed by atoms with van der Waals surface area (Å²) in [5.41, 5.74) is 2.18. The molecular weight excluding hydrogens is 414 g/mol. The number of hydrogen-bond acceptors (Lipinski definition) is 4. The van der Waals surface area contributed by atoms with Crippen molar-refractivity contribution in [1.82, 2.24) is 24.5 Å². The lowest BCUT2D eigenvalue weighted by molar-refractivity contribution is -0.121. The molecule has 0 spiro atoms. The summed E-state index contributed by atoms with van der Waals surface area (Å²) in [5, 5.41) is 11.8. The Morgan fingerprint density at radius 1 is 1.10 bits per heavy atom. The Morgan fingerprint density at radius 2 is 1.94 bits per heavy atom. The normalized spacial score (nSPS) is 13.9. The smallest absolute Gasteiger partial charge is 0.300 e. The van der Waals surface area contributed by atoms with Crippen LogP contribution in [0.4, 0.5) is 0 Å². The van der Waals surface area contributed by atoms with E-state index in [0.717, 1.165) is 12.8 Å². The molecule has 1 aromatic carbocycles. The van der Waals surface area contributed by atoms with Crippen LogP contribution in [0.5, 0.6) is 0 Å². The van der Waals surface area contributed by atoms with Gasteiger partial charge < -0.3 is 5.32 Å². The number of rotatable bonds is 8. The zero-order chi connectivity index (χ0) is 21.6. The second-order valence-corrected chi connectivity index (χ2v) is 8.26. The SMILES string of the molecule is O=C(CCCc1nnc2c(=O)n(-c3ccc(Cl)cc3)ccn12)NCCC1=CCCCC1. The van der Waals surface area contributed by atoms with Gasteiger partial charge in [0.05, 0.1) is 0 Å². The molecule has 0 bridgehead atoms. The molecule has 0 atom stereocenters. The van der Waals surface area contributed by atoms with Crippen LogP contribution in [0.25, 0.3) is 11.3 Å². The first-order valence-electron chi connectivity index (χ1n) is 10.8. The summed E-state index contributed by atoms with van der Waals surface area (Å²) < 4.78 is 3.21. The first-order valence-corrected chi connectivity index (χ1v) is 11.2. The van der Waals surface area contributed by atoms with Gasteiger partial charge in [0.1, 0.15) is 5.82 Å². The fraction of sp³-hybridized carbons (Fsp3) is 0.391. The van der Waals surface area contributed by atoms with Crippen LogP contribution in [0.15, 0.2) is 53.1 Å². The summed E-state index contributed by atoms with van der Waals surface area (Å²) in [6, 6.07) is 7.03. The van der Waals surface area contributed by atoms with Gasteiger partial charge in [-0.3, -0.25) is 18.6 Å². The zero-order valence-electron chi connectivity index (χ0n) is 17.4. The van der Waals surface area contributed by atoms with Gasteiger partial charge in [-0.1, -0.05) is 23.3 Å². The molecule has 2 aromatic heterocycles. The van der Waals surface area contributed by atoms with Crippen molar-refractivity contribution in [2.24, 2.45) is 0 Å². The van der Waals surface area contributed by atoms with Crippen molar-refractivity contribution in [3.8, 4) is 5.69 Å². The molecule has 2 heterocycles. The van der Waals surface area contributed by atoms with E-state index in [0.29, 0.717) is 42.3 Å². The van der Waals surface area contributed by atoms with E-state index >= 15 is 0 Å². The minimum absolute atomic E-state index is 0.0512. The molecule has 8 heteroatoms. The maximum absolute atomic E-state index is 12.8. The average molecular weight is 440 g/mol. The number of halogens is 1. The predicted molar refractivity (Wildman–Crippen MR) is 121 cm³/mol. The molecule has 0 saturated heterocycles. The highest BCUT2D eigenvalue weighted by Crippen LogP contribution is 2.19. The van der Waals surface area contributed by atoms with E-state index in [1.54, 1.807) is 41.1 Å². The van der Waals surface area contributed by atoms with E-state index in [4.69, 9.17) is 11.6 Å². The maximum Gasteiger partial charge on any atom is 0.300 e. The van der Waals surface area contributed by atoms with Crippen molar-refractivity contribution in [3.05, 3.63) is 69.5 Å². The number of benzene rings is 1. The molecule has 1 aliphatic rings. The second-order valence-electron chi connectivity index (χ2n) is 7.82. The Morgan fingerprint density at radius 3 is 2.71 bits per heavy atom. The van der Waals surface area contributed by atoms with Gasteiger partial charge in [-0.15, -0.1) is 10.2 Å². The number of fused-ring (bicyclic) bond motifs is 1. The highest BCUT2D eigenvalue weighted by Gasteiger charge is 2.12. The Hall–Kier alpha value is -2.93. The second kappa shape index (κ2) is 9.92. The van der Waals surface area contributed by atoms with Crippen molar-refractivity contribution in [2.45, 2.75) is 51.4 Å². The van der Waals surface area contributed by atoms with Crippen LogP contribution in [-0.4, -0.2) is 31.6 Å². The first kappa shape index (κ1) is 21.3. The summed E-state index contributed by atoms with van der Waals surface area (Å²) in [5.74, 6) is 0.728. The lowest BCUT2D eigenvalue weighted by Gasteiger charge is -2.12. The number of hydrogen-bond donors (Lipinski definition) is 1. The molecule has 1 aliphatic carbocycles. The summed E-state index contributed by atoms with van der Waals surface area (Å²) in [4.78, 5) is 24.9. The van der Waals surface area contributed by atoms with Gasteiger partial charge in [0.2, 0.25) is 11.6 Å². The topological polar surface area (TPSA) is 81.3 Å². The van der Waals surface area contributed by atoms with Crippen LogP contribution >= 0.6 is 11.6 Å². The van der Waals surface area contributed by atoms with Crippen LogP contribution < -0.4 is 10.9 Å². The number of nitrogens with one attached hydrogen (secondary N) is 1. The van der Waals surface area contributed by atoms with E-state index in [2.05, 4.69) is 21.6 Å². The molecule has 7 nitrogen and oxygen atoms in total. The molecule has 0 unspecified atom stereocenters. The van der Waals surface area contributed by atoms with Crippen molar-refractivity contribution in [3.63, 3.8) is 0 Å². The lowest BCUT2D eigenvalue weighted by Crippen LogP contribution is -2.24. The summed E-state index contributed by atoms with van der Waals surface area (Å²) in [7, 11) is 0. The molecule has 0 fully saturated rings. The fourth-order valence-electron chi connectivity index (χ4n) is 3.90. The van der Waals surface area contributed by atoms with Gasteiger partial charge in [0.15, 0.2) is 0 Å². The Kier molecular flexibility index (Phi) is 6.82. The number of nitrogens with zero attached hydrogens (tertiary/aromatic N) is 4. The van der Waals surface area contributed by atoms with Gasteiger partial charge in [0.25, 0.3) is 0 Å². The highest BCUT2D eigenvalue weighted by molar-refractivity contribution is 6.30. The molecule has 0 saturated carbocycles. The number of carbonyl (C=O) groups excluding carboxylic acids is 1. The summed E-state index contributed by atoms with van der Waals surface area (Å²) in [6.07, 6.45) is 13.2. The number of carbonyl (C=O) groups is 1. The third-order valence-corrected chi connectivity index (χ3v) is 5.86. The molecule has 162 valence electrons. The standard InChI is InChI=1S/C23H26ClN5O2/c24-18-9-11-19(12-10-18)28-15-16-29-20(26-27-22(29)23(28)31)7-4-8-21(30)25-14-13-17-5-2-1-3-6-17/h5,9-12,15-16H,1-4,6-8,13-14H2,(H,25,30). The molecular formula is C23H26ClN5O2. The summed E-state index contributed by atoms with van der Waals surface area (Å²) in [6.45, 7) is 0.697. The van der Waals surface area contributed by atoms with Crippen LogP contribution in [0.2, 0.25) is 5.02 Å². The largest absolute Gasteiger partial charge is 0.356 e. The van der Waals surface area contributed by atoms with Crippen LogP contribution in [0, 0.1) is 0 Å². The maximum atomic E-state index is 12.8. The predicted octanol–water partition coefficient (Wildman–Crippen LogP) is 3.86. The third-order valence-electron chi connectivity index (χ3n) is 5.60. The number of amides is 1. The van der Waals surface area contributed by atoms with E-state index in [1.165, 1.54) is 29.4 Å². The minimum atomic E-state index is -0.252. The number of aromatic nitrogens is 4. The quantitative estimate of drug-likeness (QED) is 0.540. The molecule has 1 amide bonds. The van der Waals surface area contributed by atoms with Gasteiger partial charge in [-0.25, -0.2) is 0 Å². The van der Waals surface area contributed by atoms with Crippen LogP contribution in [-0.2, 0) is 11.2 Å². The monoisotopic (exact) mass is 439 g/mol. The van der Waals surface area contributed by atoms with E-state index < -0.39 is 0 Å². The van der Waals surface area contributed by atoms with Gasteiger partial charge in [0, 0.05) is 42.5 Å². The van der Waals surface area contributed by atoms with E-state index in [-0.39, 0.29) is 17.1 Å². The molecule has 3 aromatic rings. The molecule has 0 aliphatic heterocycles. The van der Waals surface area contributed by atoms with Crippen molar-refractivity contribution in [2.75, 3.05) is 6.54 Å². The van der Waals surface area contributed by atoms with Crippen LogP contribution in [0.3, 0.4) is 0 Å². The van der Waals surface area contributed by atoms with Crippen molar-refractivity contribution >= 4 is 23.2 Å². The van der Waals surface area contributed by atoms with E-state index in [1.807, 2.05) is 0 Å². The van der Waals surface area contributed by atoms with E-state index in [9.17, 15) is 9.59 Å². The number of aryl methyl sites for hydroxylation is 1. The first-order chi connectivity index (χ1) is 15.1. The van der Waals surface area contributed by atoms with Crippen LogP contribution in [0.1, 0.15) is 50.8 Å².